The van der Waals surface area contributed by atoms with Crippen molar-refractivity contribution in [1.29, 1.82) is 0 Å². The predicted molar refractivity (Wildman–Crippen MR) is 83.5 cm³/mol. The van der Waals surface area contributed by atoms with Crippen LogP contribution in [0.2, 0.25) is 0 Å². The summed E-state index contributed by atoms with van der Waals surface area (Å²) in [6, 6.07) is 4.80. The molecule has 1 aliphatic rings. The lowest BCUT2D eigenvalue weighted by Gasteiger charge is -2.37. The predicted octanol–water partition coefficient (Wildman–Crippen LogP) is 3.73. The Hall–Kier alpha value is -2.38. The van der Waals surface area contributed by atoms with Gasteiger partial charge in [0.05, 0.1) is 11.5 Å². The summed E-state index contributed by atoms with van der Waals surface area (Å²) in [5, 5.41) is 3.77. The normalized spacial score (nSPS) is 15.5. The standard InChI is InChI=1S/C17H18F3N3O2/c1-10(2)6-14(24)23-8-12(9-23)16-21-15(22-25-16)11-4-3-5-13(7-11)17(18,19)20/h3-5,7,10,12H,6,8-9H2,1-2H3. The molecule has 3 rings (SSSR count). The monoisotopic (exact) mass is 353 g/mol. The van der Waals surface area contributed by atoms with Gasteiger partial charge in [-0.2, -0.15) is 18.2 Å². The molecule has 2 aromatic rings. The van der Waals surface area contributed by atoms with E-state index in [0.717, 1.165) is 12.1 Å². The Bertz CT molecular complexity index is 764. The largest absolute Gasteiger partial charge is 0.416 e. The molecule has 1 aromatic carbocycles. The minimum atomic E-state index is -4.42. The Kier molecular flexibility index (Phi) is 4.53. The molecule has 8 heteroatoms. The van der Waals surface area contributed by atoms with Crippen molar-refractivity contribution in [1.82, 2.24) is 15.0 Å². The number of benzene rings is 1. The molecular formula is C17H18F3N3O2. The van der Waals surface area contributed by atoms with E-state index >= 15 is 0 Å². The molecule has 2 heterocycles. The van der Waals surface area contributed by atoms with Gasteiger partial charge in [-0.15, -0.1) is 0 Å². The first-order valence-electron chi connectivity index (χ1n) is 8.03. The third-order valence-corrected chi connectivity index (χ3v) is 4.06. The van der Waals surface area contributed by atoms with Crippen LogP contribution in [0.5, 0.6) is 0 Å². The number of aromatic nitrogens is 2. The number of halogens is 3. The molecule has 5 nitrogen and oxygen atoms in total. The number of amides is 1. The molecule has 1 saturated heterocycles. The van der Waals surface area contributed by atoms with Crippen LogP contribution in [0.4, 0.5) is 13.2 Å². The average Bonchev–Trinajstić information content (AvgIpc) is 2.93. The van der Waals surface area contributed by atoms with Crippen LogP contribution >= 0.6 is 0 Å². The molecule has 25 heavy (non-hydrogen) atoms. The minimum Gasteiger partial charge on any atom is -0.341 e. The van der Waals surface area contributed by atoms with Crippen LogP contribution in [0.25, 0.3) is 11.4 Å². The fraction of sp³-hybridized carbons (Fsp3) is 0.471. The van der Waals surface area contributed by atoms with Crippen molar-refractivity contribution < 1.29 is 22.5 Å². The van der Waals surface area contributed by atoms with E-state index in [0.29, 0.717) is 31.3 Å². The van der Waals surface area contributed by atoms with E-state index in [1.807, 2.05) is 13.8 Å². The highest BCUT2D eigenvalue weighted by molar-refractivity contribution is 5.77. The number of hydrogen-bond donors (Lipinski definition) is 0. The Morgan fingerprint density at radius 1 is 1.36 bits per heavy atom. The van der Waals surface area contributed by atoms with Gasteiger partial charge < -0.3 is 9.42 Å². The fourth-order valence-corrected chi connectivity index (χ4v) is 2.67. The molecule has 1 amide bonds. The summed E-state index contributed by atoms with van der Waals surface area (Å²) in [5.41, 5.74) is -0.512. The van der Waals surface area contributed by atoms with Crippen molar-refractivity contribution in [3.8, 4) is 11.4 Å². The second kappa shape index (κ2) is 6.50. The van der Waals surface area contributed by atoms with Crippen LogP contribution in [-0.4, -0.2) is 34.0 Å². The van der Waals surface area contributed by atoms with Crippen LogP contribution in [0.15, 0.2) is 28.8 Å². The van der Waals surface area contributed by atoms with Crippen molar-refractivity contribution in [2.75, 3.05) is 13.1 Å². The third kappa shape index (κ3) is 3.83. The van der Waals surface area contributed by atoms with Crippen molar-refractivity contribution in [3.05, 3.63) is 35.7 Å². The number of hydrogen-bond acceptors (Lipinski definition) is 4. The SMILES string of the molecule is CC(C)CC(=O)N1CC(c2nc(-c3cccc(C(F)(F)F)c3)no2)C1. The zero-order valence-corrected chi connectivity index (χ0v) is 13.9. The maximum Gasteiger partial charge on any atom is 0.416 e. The molecule has 0 aliphatic carbocycles. The summed E-state index contributed by atoms with van der Waals surface area (Å²) in [5.74, 6) is 0.781. The van der Waals surface area contributed by atoms with E-state index in [-0.39, 0.29) is 23.2 Å². The topological polar surface area (TPSA) is 59.2 Å². The molecule has 1 aliphatic heterocycles. The Labute approximate surface area is 142 Å². The number of likely N-dealkylation sites (tertiary alicyclic amines) is 1. The molecule has 1 fully saturated rings. The smallest absolute Gasteiger partial charge is 0.341 e. The highest BCUT2D eigenvalue weighted by Crippen LogP contribution is 2.32. The number of nitrogens with zero attached hydrogens (tertiary/aromatic N) is 3. The van der Waals surface area contributed by atoms with Gasteiger partial charge in [0.2, 0.25) is 17.6 Å². The Morgan fingerprint density at radius 3 is 2.72 bits per heavy atom. The van der Waals surface area contributed by atoms with Crippen molar-refractivity contribution in [2.45, 2.75) is 32.4 Å². The highest BCUT2D eigenvalue weighted by atomic mass is 19.4. The van der Waals surface area contributed by atoms with E-state index in [4.69, 9.17) is 4.52 Å². The van der Waals surface area contributed by atoms with Crippen LogP contribution in [-0.2, 0) is 11.0 Å². The first kappa shape index (κ1) is 17.4. The summed E-state index contributed by atoms with van der Waals surface area (Å²) in [7, 11) is 0. The van der Waals surface area contributed by atoms with E-state index in [9.17, 15) is 18.0 Å². The Balaban J connectivity index is 1.67. The van der Waals surface area contributed by atoms with E-state index < -0.39 is 11.7 Å². The third-order valence-electron chi connectivity index (χ3n) is 4.06. The fourth-order valence-electron chi connectivity index (χ4n) is 2.67. The van der Waals surface area contributed by atoms with Gasteiger partial charge >= 0.3 is 6.18 Å². The number of rotatable bonds is 4. The van der Waals surface area contributed by atoms with E-state index in [1.165, 1.54) is 12.1 Å². The van der Waals surface area contributed by atoms with Gasteiger partial charge in [0.25, 0.3) is 0 Å². The highest BCUT2D eigenvalue weighted by Gasteiger charge is 2.36. The first-order chi connectivity index (χ1) is 11.7. The Morgan fingerprint density at radius 2 is 2.08 bits per heavy atom. The molecule has 0 saturated carbocycles. The quantitative estimate of drug-likeness (QED) is 0.840. The van der Waals surface area contributed by atoms with Crippen LogP contribution < -0.4 is 0 Å². The summed E-state index contributed by atoms with van der Waals surface area (Å²) in [6.45, 7) is 4.95. The van der Waals surface area contributed by atoms with Crippen LogP contribution in [0.3, 0.4) is 0 Å². The first-order valence-corrected chi connectivity index (χ1v) is 8.03. The minimum absolute atomic E-state index is 0.0665. The van der Waals surface area contributed by atoms with Crippen molar-refractivity contribution >= 4 is 5.91 Å². The zero-order valence-electron chi connectivity index (χ0n) is 13.9. The second-order valence-electron chi connectivity index (χ2n) is 6.63. The molecule has 0 bridgehead atoms. The van der Waals surface area contributed by atoms with Crippen molar-refractivity contribution in [2.24, 2.45) is 5.92 Å². The molecule has 0 unspecified atom stereocenters. The molecular weight excluding hydrogens is 335 g/mol. The number of carbonyl (C=O) groups excluding carboxylic acids is 1. The lowest BCUT2D eigenvalue weighted by atomic mass is 9.98. The number of carbonyl (C=O) groups is 1. The lowest BCUT2D eigenvalue weighted by molar-refractivity contribution is -0.138. The van der Waals surface area contributed by atoms with E-state index in [2.05, 4.69) is 10.1 Å². The van der Waals surface area contributed by atoms with Crippen LogP contribution in [0, 0.1) is 5.92 Å². The maximum atomic E-state index is 12.8. The molecule has 0 atom stereocenters. The summed E-state index contributed by atoms with van der Waals surface area (Å²) in [4.78, 5) is 17.8. The second-order valence-corrected chi connectivity index (χ2v) is 6.63. The average molecular weight is 353 g/mol. The van der Waals surface area contributed by atoms with Gasteiger partial charge in [0.1, 0.15) is 0 Å². The van der Waals surface area contributed by atoms with Crippen LogP contribution in [0.1, 0.15) is 37.6 Å². The maximum absolute atomic E-state index is 12.8. The van der Waals surface area contributed by atoms with Gasteiger partial charge in [-0.25, -0.2) is 0 Å². The molecule has 0 N–H and O–H groups in total. The lowest BCUT2D eigenvalue weighted by Crippen LogP contribution is -2.48. The molecule has 0 radical (unpaired) electrons. The summed E-state index contributed by atoms with van der Waals surface area (Å²) < 4.78 is 43.5. The summed E-state index contributed by atoms with van der Waals surface area (Å²) >= 11 is 0. The molecule has 1 aromatic heterocycles. The molecule has 134 valence electrons. The number of alkyl halides is 3. The van der Waals surface area contributed by atoms with Gasteiger partial charge in [-0.05, 0) is 18.1 Å². The van der Waals surface area contributed by atoms with E-state index in [1.54, 1.807) is 4.90 Å². The summed E-state index contributed by atoms with van der Waals surface area (Å²) in [6.07, 6.45) is -3.93. The van der Waals surface area contributed by atoms with Gasteiger partial charge in [-0.1, -0.05) is 31.1 Å². The van der Waals surface area contributed by atoms with Gasteiger partial charge in [0, 0.05) is 25.1 Å². The van der Waals surface area contributed by atoms with Gasteiger partial charge in [0.15, 0.2) is 0 Å². The zero-order chi connectivity index (χ0) is 18.2. The van der Waals surface area contributed by atoms with Gasteiger partial charge in [-0.3, -0.25) is 4.79 Å². The molecule has 0 spiro atoms. The van der Waals surface area contributed by atoms with Crippen molar-refractivity contribution in [3.63, 3.8) is 0 Å².